The highest BCUT2D eigenvalue weighted by Crippen LogP contribution is 2.32. The average molecular weight is 457 g/mol. The summed E-state index contributed by atoms with van der Waals surface area (Å²) in [5.74, 6) is 0.502. The summed E-state index contributed by atoms with van der Waals surface area (Å²) in [7, 11) is 0. The summed E-state index contributed by atoms with van der Waals surface area (Å²) >= 11 is 6.67. The van der Waals surface area contributed by atoms with Crippen molar-refractivity contribution in [3.63, 3.8) is 0 Å². The maximum Gasteiger partial charge on any atom is 0.257 e. The molecule has 0 bridgehead atoms. The minimum absolute atomic E-state index is 0.186. The van der Waals surface area contributed by atoms with Crippen LogP contribution in [-0.4, -0.2) is 56.9 Å². The van der Waals surface area contributed by atoms with E-state index in [2.05, 4.69) is 32.0 Å². The first-order valence-corrected chi connectivity index (χ1v) is 11.2. The number of carbonyl (C=O) groups excluding carboxylic acids is 1. The van der Waals surface area contributed by atoms with Crippen LogP contribution < -0.4 is 5.32 Å². The van der Waals surface area contributed by atoms with Crippen LogP contribution in [0.15, 0.2) is 36.9 Å². The zero-order valence-corrected chi connectivity index (χ0v) is 18.9. The van der Waals surface area contributed by atoms with Gasteiger partial charge in [0.15, 0.2) is 15.7 Å². The van der Waals surface area contributed by atoms with E-state index in [9.17, 15) is 4.79 Å². The van der Waals surface area contributed by atoms with Crippen molar-refractivity contribution in [2.75, 3.05) is 31.6 Å². The van der Waals surface area contributed by atoms with E-state index in [-0.39, 0.29) is 5.91 Å². The van der Waals surface area contributed by atoms with Crippen molar-refractivity contribution in [1.82, 2.24) is 24.6 Å². The van der Waals surface area contributed by atoms with Crippen molar-refractivity contribution in [2.24, 2.45) is 0 Å². The fourth-order valence-electron chi connectivity index (χ4n) is 3.44. The van der Waals surface area contributed by atoms with Crippen LogP contribution in [0.3, 0.4) is 0 Å². The van der Waals surface area contributed by atoms with Gasteiger partial charge in [-0.2, -0.15) is 5.10 Å². The topological polar surface area (TPSA) is 88.1 Å². The SMILES string of the molecule is C=CCn1c(-c2sc(NC(=O)c3cccc(CN4CCOCC4)c3)nc2C)n[nH]c1=S. The minimum atomic E-state index is -0.186. The van der Waals surface area contributed by atoms with Gasteiger partial charge in [0.05, 0.1) is 23.8 Å². The molecule has 4 rings (SSSR count). The molecule has 1 aromatic carbocycles. The second kappa shape index (κ2) is 9.65. The van der Waals surface area contributed by atoms with E-state index in [0.29, 0.717) is 27.8 Å². The van der Waals surface area contributed by atoms with Crippen LogP contribution in [0.4, 0.5) is 5.13 Å². The Kier molecular flexibility index (Phi) is 6.71. The van der Waals surface area contributed by atoms with Gasteiger partial charge < -0.3 is 4.74 Å². The molecule has 0 saturated carbocycles. The molecule has 2 aromatic heterocycles. The number of aryl methyl sites for hydroxylation is 1. The van der Waals surface area contributed by atoms with Crippen molar-refractivity contribution in [3.8, 4) is 10.7 Å². The number of aromatic amines is 1. The van der Waals surface area contributed by atoms with Crippen LogP contribution >= 0.6 is 23.6 Å². The van der Waals surface area contributed by atoms with Crippen molar-refractivity contribution >= 4 is 34.6 Å². The third-order valence-corrected chi connectivity index (χ3v) is 6.37. The lowest BCUT2D eigenvalue weighted by molar-refractivity contribution is 0.0342. The van der Waals surface area contributed by atoms with Crippen LogP contribution in [0.5, 0.6) is 0 Å². The molecule has 1 aliphatic heterocycles. The molecule has 0 spiro atoms. The molecular formula is C21H24N6O2S2. The smallest absolute Gasteiger partial charge is 0.257 e. The molecule has 1 amide bonds. The van der Waals surface area contributed by atoms with Gasteiger partial charge in [0.25, 0.3) is 5.91 Å². The standard InChI is InChI=1S/C21H24N6O2S2/c1-3-7-27-18(24-25-21(27)30)17-14(2)22-20(31-17)23-19(28)16-6-4-5-15(12-16)13-26-8-10-29-11-9-26/h3-6,12H,1,7-11,13H2,2H3,(H,25,30)(H,22,23,28). The van der Waals surface area contributed by atoms with E-state index in [1.807, 2.05) is 35.8 Å². The lowest BCUT2D eigenvalue weighted by Gasteiger charge is -2.26. The van der Waals surface area contributed by atoms with Gasteiger partial charge in [-0.05, 0) is 36.8 Å². The first-order valence-electron chi connectivity index (χ1n) is 9.99. The fourth-order valence-corrected chi connectivity index (χ4v) is 4.61. The fraction of sp³-hybridized carbons (Fsp3) is 0.333. The predicted molar refractivity (Wildman–Crippen MR) is 124 cm³/mol. The maximum atomic E-state index is 12.9. The predicted octanol–water partition coefficient (Wildman–Crippen LogP) is 3.64. The Hall–Kier alpha value is -2.66. The number of rotatable bonds is 7. The van der Waals surface area contributed by atoms with Gasteiger partial charge in [0, 0.05) is 31.7 Å². The van der Waals surface area contributed by atoms with Gasteiger partial charge in [-0.1, -0.05) is 29.5 Å². The van der Waals surface area contributed by atoms with E-state index >= 15 is 0 Å². The average Bonchev–Trinajstić information content (AvgIpc) is 3.31. The van der Waals surface area contributed by atoms with E-state index in [4.69, 9.17) is 17.0 Å². The Balaban J connectivity index is 1.49. The number of morpholine rings is 1. The third kappa shape index (κ3) is 4.99. The molecule has 1 aliphatic rings. The van der Waals surface area contributed by atoms with Crippen LogP contribution in [0.1, 0.15) is 21.6 Å². The van der Waals surface area contributed by atoms with Crippen molar-refractivity contribution in [3.05, 3.63) is 58.5 Å². The second-order valence-electron chi connectivity index (χ2n) is 7.23. The van der Waals surface area contributed by atoms with Gasteiger partial charge in [-0.15, -0.1) is 6.58 Å². The number of aromatic nitrogens is 4. The number of H-pyrrole nitrogens is 1. The Labute approximate surface area is 189 Å². The third-order valence-electron chi connectivity index (χ3n) is 4.99. The zero-order valence-electron chi connectivity index (χ0n) is 17.3. The van der Waals surface area contributed by atoms with Gasteiger partial charge in [-0.3, -0.25) is 24.7 Å². The van der Waals surface area contributed by atoms with E-state index in [0.717, 1.165) is 49.0 Å². The summed E-state index contributed by atoms with van der Waals surface area (Å²) in [5, 5.41) is 10.6. The van der Waals surface area contributed by atoms with Crippen molar-refractivity contribution < 1.29 is 9.53 Å². The second-order valence-corrected chi connectivity index (χ2v) is 8.61. The number of amides is 1. The molecule has 162 valence electrons. The molecule has 3 heterocycles. The number of ether oxygens (including phenoxy) is 1. The number of allylic oxidation sites excluding steroid dienone is 1. The molecule has 0 unspecified atom stereocenters. The zero-order chi connectivity index (χ0) is 21.8. The molecule has 10 heteroatoms. The minimum Gasteiger partial charge on any atom is -0.379 e. The molecule has 3 aromatic rings. The quantitative estimate of drug-likeness (QED) is 0.417. The molecule has 0 radical (unpaired) electrons. The van der Waals surface area contributed by atoms with E-state index in [1.165, 1.54) is 11.3 Å². The Morgan fingerprint density at radius 3 is 3.00 bits per heavy atom. The maximum absolute atomic E-state index is 12.9. The Bertz CT molecular complexity index is 1140. The number of hydrogen-bond acceptors (Lipinski definition) is 7. The van der Waals surface area contributed by atoms with Gasteiger partial charge in [0.2, 0.25) is 0 Å². The summed E-state index contributed by atoms with van der Waals surface area (Å²) in [6, 6.07) is 7.70. The highest BCUT2D eigenvalue weighted by molar-refractivity contribution is 7.71. The van der Waals surface area contributed by atoms with E-state index in [1.54, 1.807) is 6.08 Å². The molecule has 1 saturated heterocycles. The number of anilines is 1. The highest BCUT2D eigenvalue weighted by atomic mass is 32.1. The number of hydrogen-bond donors (Lipinski definition) is 2. The first kappa shape index (κ1) is 21.6. The number of nitrogens with one attached hydrogen (secondary N) is 2. The molecule has 31 heavy (non-hydrogen) atoms. The number of nitrogens with zero attached hydrogens (tertiary/aromatic N) is 4. The summed E-state index contributed by atoms with van der Waals surface area (Å²) in [6.45, 7) is 10.3. The molecular weight excluding hydrogens is 432 g/mol. The molecule has 0 aliphatic carbocycles. The lowest BCUT2D eigenvalue weighted by atomic mass is 10.1. The molecule has 8 nitrogen and oxygen atoms in total. The summed E-state index contributed by atoms with van der Waals surface area (Å²) < 4.78 is 7.77. The van der Waals surface area contributed by atoms with Gasteiger partial charge >= 0.3 is 0 Å². The lowest BCUT2D eigenvalue weighted by Crippen LogP contribution is -2.35. The monoisotopic (exact) mass is 456 g/mol. The van der Waals surface area contributed by atoms with E-state index < -0.39 is 0 Å². The van der Waals surface area contributed by atoms with Crippen LogP contribution in [0, 0.1) is 11.7 Å². The number of thiazole rings is 1. The van der Waals surface area contributed by atoms with Crippen molar-refractivity contribution in [2.45, 2.75) is 20.0 Å². The van der Waals surface area contributed by atoms with Crippen LogP contribution in [-0.2, 0) is 17.8 Å². The first-order chi connectivity index (χ1) is 15.0. The summed E-state index contributed by atoms with van der Waals surface area (Å²) in [4.78, 5) is 20.5. The number of carbonyl (C=O) groups is 1. The largest absolute Gasteiger partial charge is 0.379 e. The van der Waals surface area contributed by atoms with Gasteiger partial charge in [0.1, 0.15) is 0 Å². The van der Waals surface area contributed by atoms with Crippen LogP contribution in [0.2, 0.25) is 0 Å². The van der Waals surface area contributed by atoms with Crippen LogP contribution in [0.25, 0.3) is 10.7 Å². The summed E-state index contributed by atoms with van der Waals surface area (Å²) in [6.07, 6.45) is 1.76. The molecule has 2 N–H and O–H groups in total. The Morgan fingerprint density at radius 1 is 1.42 bits per heavy atom. The molecule has 0 atom stereocenters. The number of benzene rings is 1. The highest BCUT2D eigenvalue weighted by Gasteiger charge is 2.18. The molecule has 1 fully saturated rings. The van der Waals surface area contributed by atoms with Gasteiger partial charge in [-0.25, -0.2) is 4.98 Å². The summed E-state index contributed by atoms with van der Waals surface area (Å²) in [5.41, 5.74) is 2.49. The Morgan fingerprint density at radius 2 is 2.23 bits per heavy atom. The van der Waals surface area contributed by atoms with Crippen molar-refractivity contribution in [1.29, 1.82) is 0 Å². The normalized spacial score (nSPS) is 14.5.